The van der Waals surface area contributed by atoms with Gasteiger partial charge >= 0.3 is 5.63 Å². The maximum atomic E-state index is 12.1. The molecule has 3 rings (SSSR count). The number of nitrogen functional groups attached to an aromatic ring is 1. The molecule has 0 bridgehead atoms. The predicted octanol–water partition coefficient (Wildman–Crippen LogP) is 1.12. The number of hydrogen-bond donors (Lipinski definition) is 1. The lowest BCUT2D eigenvalue weighted by molar-refractivity contribution is 0.147. The minimum absolute atomic E-state index is 0.319. The zero-order chi connectivity index (χ0) is 14.1. The second-order valence-corrected chi connectivity index (χ2v) is 5.36. The molecular formula is C15H19N3O2. The lowest BCUT2D eigenvalue weighted by Gasteiger charge is -2.32. The van der Waals surface area contributed by atoms with Gasteiger partial charge in [-0.3, -0.25) is 4.90 Å². The molecule has 0 unspecified atom stereocenters. The number of rotatable bonds is 2. The first-order chi connectivity index (χ1) is 9.65. The van der Waals surface area contributed by atoms with Gasteiger partial charge in [0.15, 0.2) is 0 Å². The van der Waals surface area contributed by atoms with Crippen LogP contribution in [-0.4, -0.2) is 43.0 Å². The molecule has 1 aromatic heterocycles. The van der Waals surface area contributed by atoms with Crippen LogP contribution in [0, 0.1) is 0 Å². The number of piperazine rings is 1. The summed E-state index contributed by atoms with van der Waals surface area (Å²) >= 11 is 0. The topological polar surface area (TPSA) is 62.7 Å². The minimum Gasteiger partial charge on any atom is -0.422 e. The van der Waals surface area contributed by atoms with E-state index < -0.39 is 0 Å². The van der Waals surface area contributed by atoms with E-state index in [1.807, 2.05) is 18.2 Å². The van der Waals surface area contributed by atoms with Crippen molar-refractivity contribution >= 4 is 16.7 Å². The van der Waals surface area contributed by atoms with Crippen molar-refractivity contribution in [3.8, 4) is 0 Å². The molecule has 1 fully saturated rings. The Kier molecular flexibility index (Phi) is 3.46. The third-order valence-corrected chi connectivity index (χ3v) is 3.93. The largest absolute Gasteiger partial charge is 0.422 e. The highest BCUT2D eigenvalue weighted by Gasteiger charge is 2.18. The van der Waals surface area contributed by atoms with E-state index in [-0.39, 0.29) is 5.63 Å². The molecule has 5 heteroatoms. The third-order valence-electron chi connectivity index (χ3n) is 3.93. The van der Waals surface area contributed by atoms with Crippen molar-refractivity contribution in [1.29, 1.82) is 0 Å². The quantitative estimate of drug-likeness (QED) is 0.831. The van der Waals surface area contributed by atoms with Gasteiger partial charge in [0, 0.05) is 38.1 Å². The zero-order valence-corrected chi connectivity index (χ0v) is 11.6. The molecule has 1 saturated heterocycles. The molecule has 0 atom stereocenters. The number of nitrogens with two attached hydrogens (primary N) is 1. The minimum atomic E-state index is -0.319. The lowest BCUT2D eigenvalue weighted by atomic mass is 10.1. The second kappa shape index (κ2) is 5.26. The van der Waals surface area contributed by atoms with Crippen molar-refractivity contribution in [3.63, 3.8) is 0 Å². The van der Waals surface area contributed by atoms with Crippen molar-refractivity contribution in [2.24, 2.45) is 0 Å². The molecule has 0 aliphatic carbocycles. The zero-order valence-electron chi connectivity index (χ0n) is 11.6. The summed E-state index contributed by atoms with van der Waals surface area (Å²) in [5, 5.41) is 0.816. The first-order valence-corrected chi connectivity index (χ1v) is 6.86. The molecule has 0 radical (unpaired) electrons. The molecule has 2 aromatic rings. The van der Waals surface area contributed by atoms with Crippen LogP contribution in [0.5, 0.6) is 0 Å². The van der Waals surface area contributed by atoms with E-state index in [0.29, 0.717) is 23.4 Å². The first kappa shape index (κ1) is 13.1. The molecule has 0 amide bonds. The van der Waals surface area contributed by atoms with Crippen LogP contribution in [0.1, 0.15) is 5.56 Å². The molecule has 1 aliphatic rings. The smallest absolute Gasteiger partial charge is 0.342 e. The Morgan fingerprint density at radius 1 is 1.20 bits per heavy atom. The Balaban J connectivity index is 1.93. The van der Waals surface area contributed by atoms with Crippen LogP contribution in [-0.2, 0) is 6.54 Å². The van der Waals surface area contributed by atoms with Crippen LogP contribution in [0.2, 0.25) is 0 Å². The number of nitrogens with zero attached hydrogens (tertiary/aromatic N) is 2. The third kappa shape index (κ3) is 2.42. The molecule has 0 spiro atoms. The summed E-state index contributed by atoms with van der Waals surface area (Å²) < 4.78 is 5.36. The summed E-state index contributed by atoms with van der Waals surface area (Å²) in [6.07, 6.45) is 0. The van der Waals surface area contributed by atoms with Crippen LogP contribution in [0.15, 0.2) is 33.5 Å². The first-order valence-electron chi connectivity index (χ1n) is 6.86. The molecule has 2 heterocycles. The van der Waals surface area contributed by atoms with E-state index >= 15 is 0 Å². The maximum absolute atomic E-state index is 12.1. The van der Waals surface area contributed by atoms with Crippen molar-refractivity contribution in [2.75, 3.05) is 39.0 Å². The SMILES string of the molecule is CN1CCN(Cc2c(N)c3ccccc3oc2=O)CC1. The molecule has 0 saturated carbocycles. The molecule has 5 nitrogen and oxygen atoms in total. The van der Waals surface area contributed by atoms with Crippen LogP contribution in [0.4, 0.5) is 5.69 Å². The number of likely N-dealkylation sites (N-methyl/N-ethyl adjacent to an activating group) is 1. The van der Waals surface area contributed by atoms with E-state index in [4.69, 9.17) is 10.2 Å². The van der Waals surface area contributed by atoms with Gasteiger partial charge in [-0.05, 0) is 19.2 Å². The highest BCUT2D eigenvalue weighted by Crippen LogP contribution is 2.23. The van der Waals surface area contributed by atoms with Gasteiger partial charge in [-0.1, -0.05) is 12.1 Å². The summed E-state index contributed by atoms with van der Waals surface area (Å²) in [5.74, 6) is 0. The molecule has 20 heavy (non-hydrogen) atoms. The number of fused-ring (bicyclic) bond motifs is 1. The van der Waals surface area contributed by atoms with Crippen LogP contribution >= 0.6 is 0 Å². The average molecular weight is 273 g/mol. The lowest BCUT2D eigenvalue weighted by Crippen LogP contribution is -2.44. The highest BCUT2D eigenvalue weighted by atomic mass is 16.4. The van der Waals surface area contributed by atoms with Gasteiger partial charge in [0.05, 0.1) is 11.3 Å². The van der Waals surface area contributed by atoms with Crippen molar-refractivity contribution in [2.45, 2.75) is 6.54 Å². The van der Waals surface area contributed by atoms with Crippen molar-refractivity contribution in [1.82, 2.24) is 9.80 Å². The average Bonchev–Trinajstić information content (AvgIpc) is 2.45. The number of hydrogen-bond acceptors (Lipinski definition) is 5. The number of anilines is 1. The van der Waals surface area contributed by atoms with Gasteiger partial charge in [0.1, 0.15) is 5.58 Å². The Morgan fingerprint density at radius 3 is 2.65 bits per heavy atom. The van der Waals surface area contributed by atoms with E-state index in [1.54, 1.807) is 6.07 Å². The van der Waals surface area contributed by atoms with Crippen LogP contribution in [0.25, 0.3) is 11.0 Å². The van der Waals surface area contributed by atoms with Gasteiger partial charge in [-0.2, -0.15) is 0 Å². The van der Waals surface area contributed by atoms with Crippen LogP contribution in [0.3, 0.4) is 0 Å². The van der Waals surface area contributed by atoms with Gasteiger partial charge in [0.2, 0.25) is 0 Å². The molecule has 2 N–H and O–H groups in total. The predicted molar refractivity (Wildman–Crippen MR) is 79.7 cm³/mol. The van der Waals surface area contributed by atoms with Gasteiger partial charge in [-0.15, -0.1) is 0 Å². The van der Waals surface area contributed by atoms with Gasteiger partial charge in [0.25, 0.3) is 0 Å². The van der Waals surface area contributed by atoms with Crippen molar-refractivity contribution < 1.29 is 4.42 Å². The molecule has 1 aromatic carbocycles. The second-order valence-electron chi connectivity index (χ2n) is 5.36. The Hall–Kier alpha value is -1.85. The van der Waals surface area contributed by atoms with Gasteiger partial charge < -0.3 is 15.1 Å². The fraction of sp³-hybridized carbons (Fsp3) is 0.400. The summed E-state index contributed by atoms with van der Waals surface area (Å²) in [4.78, 5) is 16.6. The Bertz CT molecular complexity index is 672. The van der Waals surface area contributed by atoms with E-state index in [9.17, 15) is 4.79 Å². The summed E-state index contributed by atoms with van der Waals surface area (Å²) in [7, 11) is 2.11. The maximum Gasteiger partial charge on any atom is 0.342 e. The van der Waals surface area contributed by atoms with Crippen LogP contribution < -0.4 is 11.4 Å². The molecule has 106 valence electrons. The highest BCUT2D eigenvalue weighted by molar-refractivity contribution is 5.89. The van der Waals surface area contributed by atoms with Crippen molar-refractivity contribution in [3.05, 3.63) is 40.2 Å². The van der Waals surface area contributed by atoms with E-state index in [0.717, 1.165) is 31.6 Å². The van der Waals surface area contributed by atoms with E-state index in [1.165, 1.54) is 0 Å². The Morgan fingerprint density at radius 2 is 1.90 bits per heavy atom. The number of benzene rings is 1. The van der Waals surface area contributed by atoms with Gasteiger partial charge in [-0.25, -0.2) is 4.79 Å². The summed E-state index contributed by atoms with van der Waals surface area (Å²) in [6, 6.07) is 7.40. The summed E-state index contributed by atoms with van der Waals surface area (Å²) in [6.45, 7) is 4.48. The monoisotopic (exact) mass is 273 g/mol. The molecular weight excluding hydrogens is 254 g/mol. The molecule has 1 aliphatic heterocycles. The fourth-order valence-electron chi connectivity index (χ4n) is 2.59. The number of para-hydroxylation sites is 1. The summed E-state index contributed by atoms with van der Waals surface area (Å²) in [5.41, 5.74) is 7.53. The normalized spacial score (nSPS) is 17.6. The Labute approximate surface area is 117 Å². The standard InChI is InChI=1S/C15H19N3O2/c1-17-6-8-18(9-7-17)10-12-14(16)11-4-2-3-5-13(11)20-15(12)19/h2-5H,6-10,16H2,1H3. The van der Waals surface area contributed by atoms with E-state index in [2.05, 4.69) is 16.8 Å². The fourth-order valence-corrected chi connectivity index (χ4v) is 2.59.